The fourth-order valence-corrected chi connectivity index (χ4v) is 4.62. The molecular formula is C30H21Cl2NO4. The van der Waals surface area contributed by atoms with Gasteiger partial charge >= 0.3 is 0 Å². The van der Waals surface area contributed by atoms with Gasteiger partial charge in [0.05, 0.1) is 21.7 Å². The number of aliphatic hydroxyl groups excluding tert-OH is 1. The summed E-state index contributed by atoms with van der Waals surface area (Å²) in [6, 6.07) is 29.4. The fourth-order valence-electron chi connectivity index (χ4n) is 4.32. The summed E-state index contributed by atoms with van der Waals surface area (Å²) < 4.78 is 6.00. The Morgan fingerprint density at radius 1 is 0.811 bits per heavy atom. The monoisotopic (exact) mass is 529 g/mol. The smallest absolute Gasteiger partial charge is 0.300 e. The van der Waals surface area contributed by atoms with Gasteiger partial charge < -0.3 is 9.84 Å². The molecule has 1 unspecified atom stereocenters. The maximum atomic E-state index is 13.3. The fraction of sp³-hybridized carbons (Fsp3) is 0.0667. The predicted molar refractivity (Wildman–Crippen MR) is 145 cm³/mol. The average molecular weight is 530 g/mol. The van der Waals surface area contributed by atoms with Gasteiger partial charge in [0, 0.05) is 11.3 Å². The van der Waals surface area contributed by atoms with Gasteiger partial charge in [-0.1, -0.05) is 83.9 Å². The molecule has 1 heterocycles. The number of para-hydroxylation sites is 1. The molecule has 1 amide bonds. The van der Waals surface area contributed by atoms with Crippen molar-refractivity contribution in [1.82, 2.24) is 0 Å². The average Bonchev–Trinajstić information content (AvgIpc) is 3.20. The van der Waals surface area contributed by atoms with E-state index in [1.165, 1.54) is 17.0 Å². The van der Waals surface area contributed by atoms with Crippen molar-refractivity contribution in [2.75, 3.05) is 4.90 Å². The van der Waals surface area contributed by atoms with E-state index in [0.29, 0.717) is 28.6 Å². The lowest BCUT2D eigenvalue weighted by Gasteiger charge is -2.25. The van der Waals surface area contributed by atoms with Crippen molar-refractivity contribution in [3.05, 3.63) is 135 Å². The Morgan fingerprint density at radius 3 is 2.22 bits per heavy atom. The molecule has 5 nitrogen and oxygen atoms in total. The zero-order chi connectivity index (χ0) is 25.9. The summed E-state index contributed by atoms with van der Waals surface area (Å²) in [5, 5.41) is 11.8. The molecule has 1 atom stereocenters. The van der Waals surface area contributed by atoms with Crippen molar-refractivity contribution in [3.63, 3.8) is 0 Å². The number of hydrogen-bond donors (Lipinski definition) is 1. The first kappa shape index (κ1) is 24.6. The molecule has 0 spiro atoms. The van der Waals surface area contributed by atoms with E-state index in [1.54, 1.807) is 54.6 Å². The van der Waals surface area contributed by atoms with E-state index >= 15 is 0 Å². The second-order valence-electron chi connectivity index (χ2n) is 8.48. The number of amides is 1. The third kappa shape index (κ3) is 4.96. The number of rotatable bonds is 6. The highest BCUT2D eigenvalue weighted by molar-refractivity contribution is 6.51. The van der Waals surface area contributed by atoms with Gasteiger partial charge in [-0.25, -0.2) is 0 Å². The molecule has 0 aromatic heterocycles. The summed E-state index contributed by atoms with van der Waals surface area (Å²) >= 11 is 12.2. The Labute approximate surface area is 224 Å². The van der Waals surface area contributed by atoms with E-state index in [2.05, 4.69) is 0 Å². The summed E-state index contributed by atoms with van der Waals surface area (Å²) in [4.78, 5) is 28.0. The molecule has 4 aromatic carbocycles. The van der Waals surface area contributed by atoms with E-state index in [1.807, 2.05) is 36.4 Å². The van der Waals surface area contributed by atoms with Gasteiger partial charge in [0.15, 0.2) is 0 Å². The molecule has 37 heavy (non-hydrogen) atoms. The number of aliphatic hydroxyl groups is 1. The second kappa shape index (κ2) is 10.5. The van der Waals surface area contributed by atoms with Crippen molar-refractivity contribution in [1.29, 1.82) is 0 Å². The first-order valence-electron chi connectivity index (χ1n) is 11.5. The number of ketones is 1. The van der Waals surface area contributed by atoms with Crippen LogP contribution in [0.3, 0.4) is 0 Å². The maximum Gasteiger partial charge on any atom is 0.300 e. The van der Waals surface area contributed by atoms with Crippen LogP contribution in [0.5, 0.6) is 5.75 Å². The van der Waals surface area contributed by atoms with Crippen LogP contribution in [0, 0.1) is 0 Å². The third-order valence-electron chi connectivity index (χ3n) is 6.09. The molecule has 184 valence electrons. The SMILES string of the molecule is O=C1C(=O)N(c2ccccc2)C(c2cccc(OCc3ccccc3)c2)/C1=C(/O)c1ccc(Cl)c(Cl)c1. The zero-order valence-electron chi connectivity index (χ0n) is 19.5. The van der Waals surface area contributed by atoms with Crippen LogP contribution in [0.15, 0.2) is 109 Å². The molecule has 0 aliphatic carbocycles. The van der Waals surface area contributed by atoms with Crippen LogP contribution < -0.4 is 9.64 Å². The molecule has 7 heteroatoms. The molecule has 1 aliphatic heterocycles. The van der Waals surface area contributed by atoms with Crippen LogP contribution in [0.2, 0.25) is 10.0 Å². The first-order valence-corrected chi connectivity index (χ1v) is 12.3. The third-order valence-corrected chi connectivity index (χ3v) is 6.83. The lowest BCUT2D eigenvalue weighted by Crippen LogP contribution is -2.29. The molecule has 5 rings (SSSR count). The molecule has 4 aromatic rings. The Balaban J connectivity index is 1.61. The van der Waals surface area contributed by atoms with Gasteiger partial charge in [0.2, 0.25) is 0 Å². The standard InChI is InChI=1S/C30H21Cl2NO4/c31-24-15-14-21(17-25(24)32)28(34)26-27(33(30(36)29(26)35)22-11-5-2-6-12-22)20-10-7-13-23(16-20)37-18-19-8-3-1-4-9-19/h1-17,27,34H,18H2/b28-26-. The number of hydrogen-bond acceptors (Lipinski definition) is 4. The lowest BCUT2D eigenvalue weighted by molar-refractivity contribution is -0.132. The Kier molecular flexibility index (Phi) is 6.99. The molecule has 1 aliphatic rings. The van der Waals surface area contributed by atoms with E-state index in [4.69, 9.17) is 27.9 Å². The van der Waals surface area contributed by atoms with Crippen molar-refractivity contribution in [2.45, 2.75) is 12.6 Å². The minimum absolute atomic E-state index is 0.0487. The van der Waals surface area contributed by atoms with Gasteiger partial charge in [0.25, 0.3) is 11.7 Å². The van der Waals surface area contributed by atoms with Crippen LogP contribution in [0.25, 0.3) is 5.76 Å². The number of ether oxygens (including phenoxy) is 1. The summed E-state index contributed by atoms with van der Waals surface area (Å²) in [7, 11) is 0. The maximum absolute atomic E-state index is 13.3. The first-order chi connectivity index (χ1) is 17.9. The highest BCUT2D eigenvalue weighted by Crippen LogP contribution is 2.43. The minimum Gasteiger partial charge on any atom is -0.507 e. The molecule has 0 radical (unpaired) electrons. The van der Waals surface area contributed by atoms with E-state index in [-0.39, 0.29) is 21.9 Å². The zero-order valence-corrected chi connectivity index (χ0v) is 21.0. The van der Waals surface area contributed by atoms with Crippen LogP contribution >= 0.6 is 23.2 Å². The number of Topliss-reactive ketones (excluding diaryl/α,β-unsaturated/α-hetero) is 1. The highest BCUT2D eigenvalue weighted by Gasteiger charge is 2.47. The van der Waals surface area contributed by atoms with Crippen LogP contribution in [-0.4, -0.2) is 16.8 Å². The number of carbonyl (C=O) groups is 2. The van der Waals surface area contributed by atoms with E-state index < -0.39 is 17.7 Å². The Hall–Kier alpha value is -4.06. The summed E-state index contributed by atoms with van der Waals surface area (Å²) in [6.45, 7) is 0.354. The van der Waals surface area contributed by atoms with Gasteiger partial charge in [-0.15, -0.1) is 0 Å². The second-order valence-corrected chi connectivity index (χ2v) is 9.29. The topological polar surface area (TPSA) is 66.8 Å². The van der Waals surface area contributed by atoms with Crippen molar-refractivity contribution in [3.8, 4) is 5.75 Å². The van der Waals surface area contributed by atoms with Crippen molar-refractivity contribution in [2.24, 2.45) is 0 Å². The molecule has 0 saturated carbocycles. The van der Waals surface area contributed by atoms with Crippen molar-refractivity contribution >= 4 is 46.3 Å². The van der Waals surface area contributed by atoms with E-state index in [9.17, 15) is 14.7 Å². The molecule has 0 bridgehead atoms. The molecule has 1 saturated heterocycles. The van der Waals surface area contributed by atoms with Crippen LogP contribution in [0.1, 0.15) is 22.7 Å². The Bertz CT molecular complexity index is 1500. The highest BCUT2D eigenvalue weighted by atomic mass is 35.5. The lowest BCUT2D eigenvalue weighted by atomic mass is 9.95. The summed E-state index contributed by atoms with van der Waals surface area (Å²) in [5.74, 6) is -1.31. The predicted octanol–water partition coefficient (Wildman–Crippen LogP) is 7.20. The molecule has 1 N–H and O–H groups in total. The van der Waals surface area contributed by atoms with Crippen molar-refractivity contribution < 1.29 is 19.4 Å². The van der Waals surface area contributed by atoms with Gasteiger partial charge in [-0.3, -0.25) is 14.5 Å². The van der Waals surface area contributed by atoms with E-state index in [0.717, 1.165) is 5.56 Å². The Morgan fingerprint density at radius 2 is 1.51 bits per heavy atom. The number of carbonyl (C=O) groups excluding carboxylic acids is 2. The van der Waals surface area contributed by atoms with Gasteiger partial charge in [-0.05, 0) is 53.6 Å². The summed E-state index contributed by atoms with van der Waals surface area (Å²) in [5.41, 5.74) is 2.37. The number of anilines is 1. The number of nitrogens with zero attached hydrogens (tertiary/aromatic N) is 1. The van der Waals surface area contributed by atoms with Gasteiger partial charge in [0.1, 0.15) is 18.1 Å². The van der Waals surface area contributed by atoms with Crippen LogP contribution in [-0.2, 0) is 16.2 Å². The minimum atomic E-state index is -0.892. The quantitative estimate of drug-likeness (QED) is 0.163. The number of halogens is 2. The van der Waals surface area contributed by atoms with Gasteiger partial charge in [-0.2, -0.15) is 0 Å². The largest absolute Gasteiger partial charge is 0.507 e. The molecule has 1 fully saturated rings. The normalized spacial score (nSPS) is 16.7. The molecular weight excluding hydrogens is 509 g/mol. The van der Waals surface area contributed by atoms with Crippen LogP contribution in [0.4, 0.5) is 5.69 Å². The number of benzene rings is 4. The summed E-state index contributed by atoms with van der Waals surface area (Å²) in [6.07, 6.45) is 0.